The molecule has 1 unspecified atom stereocenters. The second-order valence-corrected chi connectivity index (χ2v) is 8.20. The van der Waals surface area contributed by atoms with E-state index in [1.165, 1.54) is 12.1 Å². The summed E-state index contributed by atoms with van der Waals surface area (Å²) in [6.45, 7) is 0.529. The maximum atomic E-state index is 12.8. The van der Waals surface area contributed by atoms with Crippen LogP contribution in [0.3, 0.4) is 0 Å². The van der Waals surface area contributed by atoms with E-state index in [0.717, 1.165) is 25.7 Å². The van der Waals surface area contributed by atoms with Crippen LogP contribution in [0.4, 0.5) is 0 Å². The van der Waals surface area contributed by atoms with Crippen molar-refractivity contribution >= 4 is 49.2 Å². The lowest BCUT2D eigenvalue weighted by atomic mass is 10.1. The third-order valence-electron chi connectivity index (χ3n) is 3.48. The smallest absolute Gasteiger partial charge is 0.207 e. The molecule has 0 bridgehead atoms. The van der Waals surface area contributed by atoms with E-state index < -0.39 is 10.0 Å². The highest BCUT2D eigenvalue weighted by Gasteiger charge is 2.33. The molecule has 0 amide bonds. The molecule has 1 saturated heterocycles. The second kappa shape index (κ2) is 6.97. The maximum absolute atomic E-state index is 12.8. The van der Waals surface area contributed by atoms with Crippen LogP contribution in [0.1, 0.15) is 25.7 Å². The highest BCUT2D eigenvalue weighted by molar-refractivity contribution is 9.09. The number of alkyl halides is 1. The molecule has 112 valence electrons. The number of hydrogen-bond acceptors (Lipinski definition) is 2. The van der Waals surface area contributed by atoms with Crippen molar-refractivity contribution in [1.29, 1.82) is 0 Å². The van der Waals surface area contributed by atoms with Gasteiger partial charge in [-0.15, -0.1) is 0 Å². The molecule has 1 fully saturated rings. The minimum absolute atomic E-state index is 0.0300. The molecule has 20 heavy (non-hydrogen) atoms. The Morgan fingerprint density at radius 2 is 2.00 bits per heavy atom. The fourth-order valence-corrected chi connectivity index (χ4v) is 5.72. The van der Waals surface area contributed by atoms with Gasteiger partial charge in [0.25, 0.3) is 0 Å². The minimum atomic E-state index is -3.61. The van der Waals surface area contributed by atoms with Gasteiger partial charge in [0, 0.05) is 22.9 Å². The van der Waals surface area contributed by atoms with Crippen LogP contribution in [0.2, 0.25) is 10.0 Å². The summed E-state index contributed by atoms with van der Waals surface area (Å²) in [6, 6.07) is 4.51. The van der Waals surface area contributed by atoms with Crippen LogP contribution in [-0.2, 0) is 10.0 Å². The molecule has 0 spiro atoms. The first-order valence-corrected chi connectivity index (χ1v) is 9.81. The Kier molecular flexibility index (Phi) is 5.77. The Bertz CT molecular complexity index is 580. The Hall–Kier alpha value is 0.190. The first-order chi connectivity index (χ1) is 9.46. The summed E-state index contributed by atoms with van der Waals surface area (Å²) in [5.74, 6) is 0. The number of halogens is 3. The van der Waals surface area contributed by atoms with E-state index in [1.807, 2.05) is 0 Å². The maximum Gasteiger partial charge on any atom is 0.244 e. The molecule has 1 aliphatic rings. The van der Waals surface area contributed by atoms with Crippen molar-refractivity contribution in [3.63, 3.8) is 0 Å². The molecule has 1 heterocycles. The zero-order valence-electron chi connectivity index (χ0n) is 10.9. The lowest BCUT2D eigenvalue weighted by molar-refractivity contribution is 0.347. The quantitative estimate of drug-likeness (QED) is 0.708. The van der Waals surface area contributed by atoms with Gasteiger partial charge in [-0.3, -0.25) is 0 Å². The minimum Gasteiger partial charge on any atom is -0.207 e. The van der Waals surface area contributed by atoms with Crippen molar-refractivity contribution in [2.75, 3.05) is 11.9 Å². The highest BCUT2D eigenvalue weighted by atomic mass is 79.9. The topological polar surface area (TPSA) is 37.4 Å². The average molecular weight is 401 g/mol. The molecule has 0 aromatic heterocycles. The van der Waals surface area contributed by atoms with E-state index in [-0.39, 0.29) is 16.0 Å². The Morgan fingerprint density at radius 3 is 2.70 bits per heavy atom. The molecule has 1 atom stereocenters. The van der Waals surface area contributed by atoms with Crippen LogP contribution in [0.25, 0.3) is 0 Å². The summed E-state index contributed by atoms with van der Waals surface area (Å²) in [4.78, 5) is 0.0968. The monoisotopic (exact) mass is 399 g/mol. The van der Waals surface area contributed by atoms with Crippen molar-refractivity contribution in [2.24, 2.45) is 0 Å². The normalized spacial score (nSPS) is 21.6. The fraction of sp³-hybridized carbons (Fsp3) is 0.538. The van der Waals surface area contributed by atoms with Crippen molar-refractivity contribution in [3.8, 4) is 0 Å². The van der Waals surface area contributed by atoms with E-state index in [2.05, 4.69) is 15.9 Å². The number of sulfonamides is 1. The summed E-state index contributed by atoms with van der Waals surface area (Å²) in [6.07, 6.45) is 3.84. The molecule has 1 aliphatic heterocycles. The highest BCUT2D eigenvalue weighted by Crippen LogP contribution is 2.31. The van der Waals surface area contributed by atoms with Crippen LogP contribution < -0.4 is 0 Å². The first-order valence-electron chi connectivity index (χ1n) is 6.49. The van der Waals surface area contributed by atoms with Crippen LogP contribution in [0, 0.1) is 0 Å². The largest absolute Gasteiger partial charge is 0.244 e. The lowest BCUT2D eigenvalue weighted by Gasteiger charge is -2.28. The summed E-state index contributed by atoms with van der Waals surface area (Å²) in [5, 5.41) is 1.22. The summed E-state index contributed by atoms with van der Waals surface area (Å²) in [7, 11) is -3.61. The molecule has 3 nitrogen and oxygen atoms in total. The SMILES string of the molecule is O=S(=O)(c1cc(Cl)ccc1Cl)N1CCCCCC1CBr. The van der Waals surface area contributed by atoms with E-state index in [1.54, 1.807) is 10.4 Å². The molecule has 1 aromatic carbocycles. The van der Waals surface area contributed by atoms with Gasteiger partial charge in [0.1, 0.15) is 4.90 Å². The Balaban J connectivity index is 2.44. The summed E-state index contributed by atoms with van der Waals surface area (Å²) >= 11 is 15.4. The van der Waals surface area contributed by atoms with Gasteiger partial charge in [-0.25, -0.2) is 8.42 Å². The lowest BCUT2D eigenvalue weighted by Crippen LogP contribution is -2.41. The van der Waals surface area contributed by atoms with Crippen LogP contribution in [0.15, 0.2) is 23.1 Å². The average Bonchev–Trinajstić information content (AvgIpc) is 2.66. The number of nitrogens with zero attached hydrogens (tertiary/aromatic N) is 1. The standard InChI is InChI=1S/C13H16BrCl2NO2S/c14-9-11-4-2-1-3-7-17(11)20(18,19)13-8-10(15)5-6-12(13)16/h5-6,8,11H,1-4,7,9H2. The van der Waals surface area contributed by atoms with Gasteiger partial charge < -0.3 is 0 Å². The van der Waals surface area contributed by atoms with Gasteiger partial charge in [0.2, 0.25) is 10.0 Å². The molecule has 0 saturated carbocycles. The number of hydrogen-bond donors (Lipinski definition) is 0. The van der Waals surface area contributed by atoms with Gasteiger partial charge in [-0.1, -0.05) is 52.0 Å². The molecule has 0 radical (unpaired) electrons. The second-order valence-electron chi connectivity index (χ2n) is 4.85. The van der Waals surface area contributed by atoms with Gasteiger partial charge >= 0.3 is 0 Å². The number of benzene rings is 1. The van der Waals surface area contributed by atoms with E-state index >= 15 is 0 Å². The molecule has 0 aliphatic carbocycles. The predicted octanol–water partition coefficient (Wildman–Crippen LogP) is 4.32. The summed E-state index contributed by atoms with van der Waals surface area (Å²) < 4.78 is 27.3. The number of rotatable bonds is 3. The van der Waals surface area contributed by atoms with Crippen LogP contribution >= 0.6 is 39.1 Å². The fourth-order valence-electron chi connectivity index (χ4n) is 2.42. The third kappa shape index (κ3) is 3.50. The van der Waals surface area contributed by atoms with Gasteiger partial charge in [-0.2, -0.15) is 4.31 Å². The van der Waals surface area contributed by atoms with E-state index in [0.29, 0.717) is 16.9 Å². The molecular weight excluding hydrogens is 385 g/mol. The van der Waals surface area contributed by atoms with Gasteiger partial charge in [0.05, 0.1) is 5.02 Å². The van der Waals surface area contributed by atoms with Crippen molar-refractivity contribution < 1.29 is 8.42 Å². The summed E-state index contributed by atoms with van der Waals surface area (Å²) in [5.41, 5.74) is 0. The van der Waals surface area contributed by atoms with Crippen molar-refractivity contribution in [3.05, 3.63) is 28.2 Å². The predicted molar refractivity (Wildman–Crippen MR) is 86.4 cm³/mol. The van der Waals surface area contributed by atoms with Crippen LogP contribution in [-0.4, -0.2) is 30.6 Å². The zero-order valence-corrected chi connectivity index (χ0v) is 14.8. The van der Waals surface area contributed by atoms with E-state index in [4.69, 9.17) is 23.2 Å². The molecule has 7 heteroatoms. The molecule has 1 aromatic rings. The Morgan fingerprint density at radius 1 is 1.25 bits per heavy atom. The van der Waals surface area contributed by atoms with Crippen LogP contribution in [0.5, 0.6) is 0 Å². The van der Waals surface area contributed by atoms with E-state index in [9.17, 15) is 8.42 Å². The van der Waals surface area contributed by atoms with Gasteiger partial charge in [0.15, 0.2) is 0 Å². The van der Waals surface area contributed by atoms with Crippen molar-refractivity contribution in [2.45, 2.75) is 36.6 Å². The molecule has 2 rings (SSSR count). The molecule has 0 N–H and O–H groups in total. The van der Waals surface area contributed by atoms with Gasteiger partial charge in [-0.05, 0) is 31.0 Å². The Labute approximate surface area is 138 Å². The third-order valence-corrected chi connectivity index (χ3v) is 6.90. The van der Waals surface area contributed by atoms with Crippen molar-refractivity contribution in [1.82, 2.24) is 4.31 Å². The molecular formula is C13H16BrCl2NO2S. The zero-order chi connectivity index (χ0) is 14.8. The first kappa shape index (κ1) is 16.6.